The van der Waals surface area contributed by atoms with Gasteiger partial charge in [-0.3, -0.25) is 4.79 Å². The molecule has 0 heterocycles. The van der Waals surface area contributed by atoms with E-state index < -0.39 is 23.4 Å². The van der Waals surface area contributed by atoms with Crippen molar-refractivity contribution in [3.05, 3.63) is 24.3 Å². The summed E-state index contributed by atoms with van der Waals surface area (Å²) in [7, 11) is 0. The molecule has 0 spiro atoms. The number of para-hydroxylation sites is 2. The second-order valence-electron chi connectivity index (χ2n) is 4.55. The fourth-order valence-corrected chi connectivity index (χ4v) is 1.73. The number of alkyl halides is 3. The van der Waals surface area contributed by atoms with Crippen LogP contribution in [0, 0.1) is 5.41 Å². The number of carbonyl (C=O) groups excluding carboxylic acids is 1. The van der Waals surface area contributed by atoms with Crippen molar-refractivity contribution in [1.29, 1.82) is 0 Å². The first-order valence-corrected chi connectivity index (χ1v) is 6.47. The Labute approximate surface area is 125 Å². The van der Waals surface area contributed by atoms with Crippen molar-refractivity contribution in [3.63, 3.8) is 0 Å². The van der Waals surface area contributed by atoms with E-state index in [0.717, 1.165) is 6.07 Å². The fraction of sp³-hybridized carbons (Fsp3) is 0.385. The molecule has 0 bridgehead atoms. The number of benzene rings is 1. The Bertz CT molecular complexity index is 548. The largest absolute Gasteiger partial charge is 0.573 e. The summed E-state index contributed by atoms with van der Waals surface area (Å²) in [6.07, 6.45) is -4.53. The molecule has 1 amide bonds. The Kier molecular flexibility index (Phi) is 5.16. The minimum Gasteiger partial charge on any atom is -0.404 e. The lowest BCUT2D eigenvalue weighted by molar-refractivity contribution is -0.274. The molecule has 4 nitrogen and oxygen atoms in total. The van der Waals surface area contributed by atoms with Gasteiger partial charge in [0.2, 0.25) is 5.91 Å². The minimum absolute atomic E-state index is 0.0308. The molecule has 0 aliphatic heterocycles. The first kappa shape index (κ1) is 17.2. The predicted molar refractivity (Wildman–Crippen MR) is 76.9 cm³/mol. The highest BCUT2D eigenvalue weighted by Gasteiger charge is 2.36. The van der Waals surface area contributed by atoms with E-state index in [0.29, 0.717) is 6.42 Å². The number of thiocarbonyl (C=S) groups is 1. The van der Waals surface area contributed by atoms with E-state index in [-0.39, 0.29) is 10.7 Å². The molecule has 1 aromatic rings. The molecule has 0 aliphatic carbocycles. The van der Waals surface area contributed by atoms with Gasteiger partial charge in [0.05, 0.1) is 16.1 Å². The summed E-state index contributed by atoms with van der Waals surface area (Å²) in [6.45, 7) is 3.23. The van der Waals surface area contributed by atoms with Crippen molar-refractivity contribution >= 4 is 28.8 Å². The lowest BCUT2D eigenvalue weighted by atomic mass is 9.86. The van der Waals surface area contributed by atoms with Gasteiger partial charge in [-0.2, -0.15) is 0 Å². The molecule has 1 atom stereocenters. The molecule has 0 radical (unpaired) electrons. The van der Waals surface area contributed by atoms with Gasteiger partial charge in [-0.1, -0.05) is 31.3 Å². The zero-order valence-electron chi connectivity index (χ0n) is 11.5. The number of hydrogen-bond acceptors (Lipinski definition) is 3. The van der Waals surface area contributed by atoms with Crippen molar-refractivity contribution in [1.82, 2.24) is 0 Å². The van der Waals surface area contributed by atoms with Crippen LogP contribution < -0.4 is 15.8 Å². The lowest BCUT2D eigenvalue weighted by Crippen LogP contribution is -2.43. The first-order valence-electron chi connectivity index (χ1n) is 6.06. The van der Waals surface area contributed by atoms with Gasteiger partial charge in [0, 0.05) is 0 Å². The molecule has 0 fully saturated rings. The molecule has 0 saturated heterocycles. The van der Waals surface area contributed by atoms with Gasteiger partial charge in [0.1, 0.15) is 0 Å². The summed E-state index contributed by atoms with van der Waals surface area (Å²) in [6, 6.07) is 5.24. The van der Waals surface area contributed by atoms with Crippen LogP contribution in [0.3, 0.4) is 0 Å². The van der Waals surface area contributed by atoms with Gasteiger partial charge in [0.15, 0.2) is 5.75 Å². The predicted octanol–water partition coefficient (Wildman–Crippen LogP) is 3.23. The maximum Gasteiger partial charge on any atom is 0.573 e. The standard InChI is InChI=1S/C13H15F3N2O2S/c1-3-12(2,10(17)21)11(19)18-8-6-4-5-7-9(8)20-13(14,15)16/h4-7H,3H2,1-2H3,(H2,17,21)(H,18,19). The topological polar surface area (TPSA) is 64.3 Å². The molecular weight excluding hydrogens is 305 g/mol. The molecule has 116 valence electrons. The van der Waals surface area contributed by atoms with Gasteiger partial charge in [0.25, 0.3) is 0 Å². The van der Waals surface area contributed by atoms with Gasteiger partial charge in [-0.15, -0.1) is 13.2 Å². The summed E-state index contributed by atoms with van der Waals surface area (Å²) in [4.78, 5) is 12.2. The summed E-state index contributed by atoms with van der Waals surface area (Å²) >= 11 is 4.85. The summed E-state index contributed by atoms with van der Waals surface area (Å²) in [5.74, 6) is -1.09. The third-order valence-electron chi connectivity index (χ3n) is 3.11. The average molecular weight is 320 g/mol. The number of nitrogens with two attached hydrogens (primary N) is 1. The molecule has 1 unspecified atom stereocenters. The van der Waals surface area contributed by atoms with Crippen LogP contribution in [0.5, 0.6) is 5.75 Å². The first-order chi connectivity index (χ1) is 9.60. The second-order valence-corrected chi connectivity index (χ2v) is 4.99. The van der Waals surface area contributed by atoms with Gasteiger partial charge < -0.3 is 15.8 Å². The van der Waals surface area contributed by atoms with Crippen molar-refractivity contribution < 1.29 is 22.7 Å². The van der Waals surface area contributed by atoms with Gasteiger partial charge in [-0.05, 0) is 25.5 Å². The van der Waals surface area contributed by atoms with Crippen molar-refractivity contribution in [2.75, 3.05) is 5.32 Å². The number of anilines is 1. The second kappa shape index (κ2) is 6.30. The Morgan fingerprint density at radius 2 is 1.95 bits per heavy atom. The van der Waals surface area contributed by atoms with Crippen LogP contribution in [-0.2, 0) is 4.79 Å². The highest BCUT2D eigenvalue weighted by atomic mass is 32.1. The van der Waals surface area contributed by atoms with E-state index in [1.165, 1.54) is 25.1 Å². The van der Waals surface area contributed by atoms with E-state index >= 15 is 0 Å². The highest BCUT2D eigenvalue weighted by Crippen LogP contribution is 2.32. The zero-order chi connectivity index (χ0) is 16.3. The van der Waals surface area contributed by atoms with E-state index in [1.807, 2.05) is 0 Å². The molecule has 21 heavy (non-hydrogen) atoms. The third kappa shape index (κ3) is 4.32. The summed E-state index contributed by atoms with van der Waals surface area (Å²) in [5.41, 5.74) is 4.28. The molecular formula is C13H15F3N2O2S. The normalized spacial score (nSPS) is 14.1. The average Bonchev–Trinajstić information content (AvgIpc) is 2.38. The summed E-state index contributed by atoms with van der Waals surface area (Å²) < 4.78 is 40.8. The number of amides is 1. The van der Waals surface area contributed by atoms with Crippen LogP contribution in [0.4, 0.5) is 18.9 Å². The third-order valence-corrected chi connectivity index (χ3v) is 3.56. The number of ether oxygens (including phenoxy) is 1. The number of carbonyl (C=O) groups is 1. The van der Waals surface area contributed by atoms with E-state index in [9.17, 15) is 18.0 Å². The van der Waals surface area contributed by atoms with Crippen molar-refractivity contribution in [3.8, 4) is 5.75 Å². The SMILES string of the molecule is CCC(C)(C(=O)Nc1ccccc1OC(F)(F)F)C(N)=S. The van der Waals surface area contributed by atoms with Crippen molar-refractivity contribution in [2.45, 2.75) is 26.6 Å². The number of rotatable bonds is 5. The summed E-state index contributed by atoms with van der Waals surface area (Å²) in [5, 5.41) is 2.37. The quantitative estimate of drug-likeness (QED) is 0.818. The van der Waals surface area contributed by atoms with Crippen molar-refractivity contribution in [2.24, 2.45) is 11.1 Å². The van der Waals surface area contributed by atoms with Gasteiger partial charge in [-0.25, -0.2) is 0 Å². The van der Waals surface area contributed by atoms with Gasteiger partial charge >= 0.3 is 6.36 Å². The number of hydrogen-bond donors (Lipinski definition) is 2. The molecule has 1 aromatic carbocycles. The fourth-order valence-electron chi connectivity index (χ4n) is 1.49. The Hall–Kier alpha value is -1.83. The smallest absolute Gasteiger partial charge is 0.404 e. The zero-order valence-corrected chi connectivity index (χ0v) is 12.3. The molecule has 0 aromatic heterocycles. The number of halogens is 3. The minimum atomic E-state index is -4.85. The molecule has 0 saturated carbocycles. The van der Waals surface area contributed by atoms with Crippen LogP contribution in [0.15, 0.2) is 24.3 Å². The van der Waals surface area contributed by atoms with Crippen LogP contribution in [0.1, 0.15) is 20.3 Å². The van der Waals surface area contributed by atoms with Crippen LogP contribution in [0.2, 0.25) is 0 Å². The Balaban J connectivity index is 3.03. The van der Waals surface area contributed by atoms with E-state index in [2.05, 4.69) is 10.1 Å². The van der Waals surface area contributed by atoms with Crippen LogP contribution >= 0.6 is 12.2 Å². The molecule has 3 N–H and O–H groups in total. The molecule has 8 heteroatoms. The molecule has 0 aliphatic rings. The van der Waals surface area contributed by atoms with E-state index in [4.69, 9.17) is 18.0 Å². The lowest BCUT2D eigenvalue weighted by Gasteiger charge is -2.26. The Morgan fingerprint density at radius 1 is 1.38 bits per heavy atom. The maximum atomic E-state index is 12.3. The highest BCUT2D eigenvalue weighted by molar-refractivity contribution is 7.80. The monoisotopic (exact) mass is 320 g/mol. The molecule has 1 rings (SSSR count). The maximum absolute atomic E-state index is 12.3. The van der Waals surface area contributed by atoms with E-state index in [1.54, 1.807) is 6.92 Å². The number of nitrogens with one attached hydrogen (secondary N) is 1. The van der Waals surface area contributed by atoms with Crippen LogP contribution in [-0.4, -0.2) is 17.3 Å². The van der Waals surface area contributed by atoms with Crippen LogP contribution in [0.25, 0.3) is 0 Å². The Morgan fingerprint density at radius 3 is 2.43 bits per heavy atom.